The normalized spacial score (nSPS) is 18.3. The number of fused-ring (bicyclic) bond motifs is 1. The van der Waals surface area contributed by atoms with E-state index in [1.807, 2.05) is 29.7 Å². The highest BCUT2D eigenvalue weighted by Crippen LogP contribution is 2.39. The number of rotatable bonds is 5. The van der Waals surface area contributed by atoms with Crippen molar-refractivity contribution in [1.82, 2.24) is 4.31 Å². The van der Waals surface area contributed by atoms with Gasteiger partial charge < -0.3 is 5.11 Å². The number of carbonyl (C=O) groups is 1. The van der Waals surface area contributed by atoms with Crippen LogP contribution in [0.3, 0.4) is 0 Å². The van der Waals surface area contributed by atoms with Crippen LogP contribution in [0.5, 0.6) is 0 Å². The first-order chi connectivity index (χ1) is 10.9. The van der Waals surface area contributed by atoms with Crippen LogP contribution in [0, 0.1) is 0 Å². The van der Waals surface area contributed by atoms with Crippen LogP contribution in [0.4, 0.5) is 0 Å². The highest BCUT2D eigenvalue weighted by atomic mass is 32.2. The summed E-state index contributed by atoms with van der Waals surface area (Å²) in [6, 6.07) is 4.57. The second kappa shape index (κ2) is 6.20. The summed E-state index contributed by atoms with van der Waals surface area (Å²) in [5.74, 6) is -1.11. The molecule has 0 aromatic carbocycles. The Morgan fingerprint density at radius 1 is 1.43 bits per heavy atom. The number of carboxylic acid groups (broad SMARTS) is 1. The monoisotopic (exact) mass is 369 g/mol. The molecule has 122 valence electrons. The van der Waals surface area contributed by atoms with Crippen molar-refractivity contribution in [2.24, 2.45) is 0 Å². The lowest BCUT2D eigenvalue weighted by Gasteiger charge is -2.21. The number of carboxylic acids is 1. The summed E-state index contributed by atoms with van der Waals surface area (Å²) in [6.07, 6.45) is 4.08. The second-order valence-electron chi connectivity index (χ2n) is 5.10. The average Bonchev–Trinajstić information content (AvgIpc) is 3.17. The third-order valence-electron chi connectivity index (χ3n) is 3.65. The van der Waals surface area contributed by atoms with Crippen molar-refractivity contribution in [2.75, 3.05) is 0 Å². The Morgan fingerprint density at radius 2 is 2.17 bits per heavy atom. The van der Waals surface area contributed by atoms with Crippen molar-refractivity contribution < 1.29 is 18.3 Å². The molecule has 3 rings (SSSR count). The molecule has 23 heavy (non-hydrogen) atoms. The van der Waals surface area contributed by atoms with Crippen molar-refractivity contribution in [3.05, 3.63) is 38.2 Å². The Morgan fingerprint density at radius 3 is 2.74 bits per heavy atom. The minimum absolute atomic E-state index is 0.139. The topological polar surface area (TPSA) is 74.7 Å². The quantitative estimate of drug-likeness (QED) is 0.877. The molecule has 2 aromatic rings. The van der Waals surface area contributed by atoms with Gasteiger partial charge in [0, 0.05) is 14.6 Å². The number of aliphatic carboxylic acids is 1. The van der Waals surface area contributed by atoms with E-state index >= 15 is 0 Å². The van der Waals surface area contributed by atoms with E-state index in [-0.39, 0.29) is 17.9 Å². The molecule has 8 heteroatoms. The smallest absolute Gasteiger partial charge is 0.322 e. The van der Waals surface area contributed by atoms with Gasteiger partial charge in [0.1, 0.15) is 6.04 Å². The third-order valence-corrected chi connectivity index (χ3v) is 7.62. The van der Waals surface area contributed by atoms with Crippen LogP contribution >= 0.6 is 22.7 Å². The molecule has 0 radical (unpaired) electrons. The van der Waals surface area contributed by atoms with Gasteiger partial charge in [-0.15, -0.1) is 22.7 Å². The summed E-state index contributed by atoms with van der Waals surface area (Å²) in [4.78, 5) is 14.2. The molecule has 1 aliphatic rings. The van der Waals surface area contributed by atoms with Crippen LogP contribution < -0.4 is 0 Å². The lowest BCUT2D eigenvalue weighted by Crippen LogP contribution is -2.40. The van der Waals surface area contributed by atoms with Gasteiger partial charge in [0.15, 0.2) is 0 Å². The van der Waals surface area contributed by atoms with Gasteiger partial charge in [-0.05, 0) is 36.1 Å². The molecule has 0 saturated carbocycles. The molecule has 1 atom stereocenters. The van der Waals surface area contributed by atoms with Crippen molar-refractivity contribution >= 4 is 50.8 Å². The third kappa shape index (κ3) is 2.99. The standard InChI is InChI=1S/C15H15NO4S3/c1-2-12(15(17)18)16-9-13-14(23(16,19)20)8-11(22-13)6-5-10-4-3-7-21-10/h3-8,12H,2,9H2,1H3,(H,17,18). The summed E-state index contributed by atoms with van der Waals surface area (Å²) < 4.78 is 26.3. The number of thiophene rings is 2. The van der Waals surface area contributed by atoms with E-state index in [0.29, 0.717) is 4.88 Å². The average molecular weight is 369 g/mol. The van der Waals surface area contributed by atoms with E-state index in [0.717, 1.165) is 14.1 Å². The van der Waals surface area contributed by atoms with Crippen LogP contribution in [-0.2, 0) is 21.4 Å². The van der Waals surface area contributed by atoms with Gasteiger partial charge in [-0.3, -0.25) is 4.79 Å². The molecule has 0 amide bonds. The van der Waals surface area contributed by atoms with Crippen LogP contribution in [0.1, 0.15) is 28.0 Å². The van der Waals surface area contributed by atoms with Crippen molar-refractivity contribution in [2.45, 2.75) is 30.8 Å². The zero-order valence-corrected chi connectivity index (χ0v) is 14.7. The van der Waals surface area contributed by atoms with E-state index in [1.54, 1.807) is 24.3 Å². The molecule has 2 aromatic heterocycles. The van der Waals surface area contributed by atoms with Crippen molar-refractivity contribution in [1.29, 1.82) is 0 Å². The first kappa shape index (κ1) is 16.4. The van der Waals surface area contributed by atoms with Gasteiger partial charge in [0.25, 0.3) is 0 Å². The van der Waals surface area contributed by atoms with Crippen LogP contribution in [0.25, 0.3) is 12.2 Å². The van der Waals surface area contributed by atoms with Crippen molar-refractivity contribution in [3.8, 4) is 0 Å². The van der Waals surface area contributed by atoms with E-state index in [9.17, 15) is 18.3 Å². The van der Waals surface area contributed by atoms with Crippen LogP contribution in [-0.4, -0.2) is 29.8 Å². The summed E-state index contributed by atoms with van der Waals surface area (Å²) >= 11 is 3.00. The Balaban J connectivity index is 1.88. The molecule has 1 unspecified atom stereocenters. The second-order valence-corrected chi connectivity index (χ2v) is 9.10. The SMILES string of the molecule is CCC(C(=O)O)N1Cc2sc(C=Cc3cccs3)cc2S1(=O)=O. The first-order valence-electron chi connectivity index (χ1n) is 7.02. The van der Waals surface area contributed by atoms with Crippen LogP contribution in [0.2, 0.25) is 0 Å². The first-order valence-corrected chi connectivity index (χ1v) is 10.2. The fourth-order valence-electron chi connectivity index (χ4n) is 2.52. The van der Waals surface area contributed by atoms with Gasteiger partial charge in [0.2, 0.25) is 10.0 Å². The number of hydrogen-bond donors (Lipinski definition) is 1. The molecule has 1 N–H and O–H groups in total. The zero-order chi connectivity index (χ0) is 16.6. The molecule has 0 aliphatic carbocycles. The summed E-state index contributed by atoms with van der Waals surface area (Å²) in [5, 5.41) is 11.2. The lowest BCUT2D eigenvalue weighted by atomic mass is 10.2. The molecular weight excluding hydrogens is 354 g/mol. The summed E-state index contributed by atoms with van der Waals surface area (Å²) in [5.41, 5.74) is 0. The number of sulfonamides is 1. The largest absolute Gasteiger partial charge is 0.480 e. The fourth-order valence-corrected chi connectivity index (χ4v) is 6.45. The van der Waals surface area contributed by atoms with E-state index in [4.69, 9.17) is 0 Å². The predicted octanol–water partition coefficient (Wildman–Crippen LogP) is 3.35. The minimum atomic E-state index is -3.72. The Hall–Kier alpha value is -1.48. The van der Waals surface area contributed by atoms with Gasteiger partial charge in [-0.25, -0.2) is 8.42 Å². The lowest BCUT2D eigenvalue weighted by molar-refractivity contribution is -0.141. The van der Waals surface area contributed by atoms with E-state index < -0.39 is 22.0 Å². The number of hydrogen-bond acceptors (Lipinski definition) is 5. The minimum Gasteiger partial charge on any atom is -0.480 e. The predicted molar refractivity (Wildman–Crippen MR) is 92.0 cm³/mol. The van der Waals surface area contributed by atoms with Gasteiger partial charge >= 0.3 is 5.97 Å². The van der Waals surface area contributed by atoms with E-state index in [2.05, 4.69) is 0 Å². The Labute approximate surface area is 142 Å². The molecule has 1 aliphatic heterocycles. The molecule has 3 heterocycles. The van der Waals surface area contributed by atoms with Gasteiger partial charge in [-0.1, -0.05) is 13.0 Å². The van der Waals surface area contributed by atoms with Gasteiger partial charge in [0.05, 0.1) is 11.4 Å². The number of nitrogens with zero attached hydrogens (tertiary/aromatic N) is 1. The maximum Gasteiger partial charge on any atom is 0.322 e. The maximum atomic E-state index is 12.6. The molecule has 0 fully saturated rings. The Kier molecular flexibility index (Phi) is 4.41. The molecule has 0 bridgehead atoms. The highest BCUT2D eigenvalue weighted by Gasteiger charge is 2.42. The van der Waals surface area contributed by atoms with Crippen LogP contribution in [0.15, 0.2) is 28.5 Å². The molecule has 5 nitrogen and oxygen atoms in total. The maximum absolute atomic E-state index is 12.6. The fraction of sp³-hybridized carbons (Fsp3) is 0.267. The highest BCUT2D eigenvalue weighted by molar-refractivity contribution is 7.89. The molecular formula is C15H15NO4S3. The summed E-state index contributed by atoms with van der Waals surface area (Å²) in [7, 11) is -3.72. The zero-order valence-electron chi connectivity index (χ0n) is 12.3. The summed E-state index contributed by atoms with van der Waals surface area (Å²) in [6.45, 7) is 1.82. The molecule has 0 saturated heterocycles. The molecule has 0 spiro atoms. The van der Waals surface area contributed by atoms with Crippen molar-refractivity contribution in [3.63, 3.8) is 0 Å². The van der Waals surface area contributed by atoms with Gasteiger partial charge in [-0.2, -0.15) is 4.31 Å². The van der Waals surface area contributed by atoms with E-state index in [1.165, 1.54) is 11.3 Å². The Bertz CT molecular complexity index is 849.